The Bertz CT molecular complexity index is 457. The summed E-state index contributed by atoms with van der Waals surface area (Å²) in [5.74, 6) is -0.0520. The average molecular weight is 224 g/mol. The normalized spacial score (nSPS) is 10.3. The summed E-state index contributed by atoms with van der Waals surface area (Å²) in [6, 6.07) is 1.26. The molecule has 2 rings (SSSR count). The standard InChI is InChI=1S/C9H9FN4S/c1-6-7(15-5-14-6)3-11-9-2-8(10)12-4-13-9/h2,4-5H,3H2,1H3,(H,11,12,13). The van der Waals surface area contributed by atoms with E-state index in [1.54, 1.807) is 16.8 Å². The van der Waals surface area contributed by atoms with Crippen LogP contribution in [0.2, 0.25) is 0 Å². The largest absolute Gasteiger partial charge is 0.365 e. The van der Waals surface area contributed by atoms with Crippen LogP contribution < -0.4 is 5.32 Å². The Labute approximate surface area is 90.2 Å². The van der Waals surface area contributed by atoms with Gasteiger partial charge in [-0.15, -0.1) is 11.3 Å². The van der Waals surface area contributed by atoms with E-state index in [9.17, 15) is 4.39 Å². The Morgan fingerprint density at radius 2 is 2.27 bits per heavy atom. The second-order valence-electron chi connectivity index (χ2n) is 2.94. The molecule has 15 heavy (non-hydrogen) atoms. The predicted octanol–water partition coefficient (Wildman–Crippen LogP) is 1.99. The molecule has 0 bridgehead atoms. The molecule has 0 unspecified atom stereocenters. The van der Waals surface area contributed by atoms with Crippen molar-refractivity contribution in [2.24, 2.45) is 0 Å². The molecule has 1 N–H and O–H groups in total. The van der Waals surface area contributed by atoms with Crippen molar-refractivity contribution in [1.82, 2.24) is 15.0 Å². The first-order chi connectivity index (χ1) is 7.25. The minimum atomic E-state index is -0.534. The number of aryl methyl sites for hydroxylation is 1. The maximum absolute atomic E-state index is 12.7. The topological polar surface area (TPSA) is 50.7 Å². The number of nitrogens with zero attached hydrogens (tertiary/aromatic N) is 3. The van der Waals surface area contributed by atoms with Crippen LogP contribution >= 0.6 is 11.3 Å². The maximum atomic E-state index is 12.7. The van der Waals surface area contributed by atoms with Crippen molar-refractivity contribution in [1.29, 1.82) is 0 Å². The van der Waals surface area contributed by atoms with Crippen molar-refractivity contribution in [3.63, 3.8) is 0 Å². The van der Waals surface area contributed by atoms with Crippen LogP contribution in [0.15, 0.2) is 17.9 Å². The van der Waals surface area contributed by atoms with Crippen molar-refractivity contribution in [3.8, 4) is 0 Å². The third kappa shape index (κ3) is 2.47. The molecule has 0 amide bonds. The fraction of sp³-hybridized carbons (Fsp3) is 0.222. The van der Waals surface area contributed by atoms with Crippen LogP contribution in [0, 0.1) is 12.9 Å². The van der Waals surface area contributed by atoms with Gasteiger partial charge in [0.2, 0.25) is 5.95 Å². The molecule has 0 saturated heterocycles. The number of hydrogen-bond acceptors (Lipinski definition) is 5. The molecule has 0 fully saturated rings. The third-order valence-corrected chi connectivity index (χ3v) is 2.84. The van der Waals surface area contributed by atoms with Gasteiger partial charge in [0.05, 0.1) is 17.7 Å². The van der Waals surface area contributed by atoms with Gasteiger partial charge < -0.3 is 5.32 Å². The van der Waals surface area contributed by atoms with Crippen LogP contribution in [0.1, 0.15) is 10.6 Å². The number of nitrogens with one attached hydrogen (secondary N) is 1. The zero-order valence-corrected chi connectivity index (χ0v) is 8.88. The molecule has 0 aliphatic carbocycles. The van der Waals surface area contributed by atoms with E-state index in [1.165, 1.54) is 12.4 Å². The van der Waals surface area contributed by atoms with E-state index in [4.69, 9.17) is 0 Å². The molecule has 0 aliphatic heterocycles. The molecule has 0 radical (unpaired) electrons. The molecule has 2 aromatic heterocycles. The lowest BCUT2D eigenvalue weighted by Crippen LogP contribution is -2.02. The van der Waals surface area contributed by atoms with Gasteiger partial charge in [-0.25, -0.2) is 15.0 Å². The minimum absolute atomic E-state index is 0.482. The minimum Gasteiger partial charge on any atom is -0.365 e. The molecule has 4 nitrogen and oxygen atoms in total. The second-order valence-corrected chi connectivity index (χ2v) is 3.88. The quantitative estimate of drug-likeness (QED) is 0.810. The molecule has 0 spiro atoms. The Hall–Kier alpha value is -1.56. The van der Waals surface area contributed by atoms with Gasteiger partial charge in [0.25, 0.3) is 0 Å². The summed E-state index contributed by atoms with van der Waals surface area (Å²) in [7, 11) is 0. The SMILES string of the molecule is Cc1ncsc1CNc1cc(F)ncn1. The van der Waals surface area contributed by atoms with Gasteiger partial charge in [-0.05, 0) is 6.92 Å². The van der Waals surface area contributed by atoms with Crippen LogP contribution in [0.5, 0.6) is 0 Å². The van der Waals surface area contributed by atoms with Gasteiger partial charge in [0.1, 0.15) is 12.1 Å². The van der Waals surface area contributed by atoms with E-state index in [0.717, 1.165) is 10.6 Å². The van der Waals surface area contributed by atoms with Gasteiger partial charge in [-0.2, -0.15) is 4.39 Å². The lowest BCUT2D eigenvalue weighted by atomic mass is 10.4. The maximum Gasteiger partial charge on any atom is 0.217 e. The van der Waals surface area contributed by atoms with E-state index in [0.29, 0.717) is 12.4 Å². The van der Waals surface area contributed by atoms with Crippen molar-refractivity contribution >= 4 is 17.2 Å². The molecule has 0 aromatic carbocycles. The number of anilines is 1. The Morgan fingerprint density at radius 3 is 2.93 bits per heavy atom. The van der Waals surface area contributed by atoms with Gasteiger partial charge in [0, 0.05) is 10.9 Å². The predicted molar refractivity (Wildman–Crippen MR) is 56.2 cm³/mol. The Kier molecular flexibility index (Phi) is 2.86. The molecule has 2 aromatic rings. The fourth-order valence-electron chi connectivity index (χ4n) is 1.10. The Balaban J connectivity index is 2.02. The number of halogens is 1. The smallest absolute Gasteiger partial charge is 0.217 e. The number of thiazole rings is 1. The molecule has 0 aliphatic rings. The summed E-state index contributed by atoms with van der Waals surface area (Å²) in [6.45, 7) is 2.54. The summed E-state index contributed by atoms with van der Waals surface area (Å²) in [5, 5.41) is 3.01. The lowest BCUT2D eigenvalue weighted by Gasteiger charge is -2.03. The lowest BCUT2D eigenvalue weighted by molar-refractivity contribution is 0.580. The molecular formula is C9H9FN4S. The van der Waals surface area contributed by atoms with Crippen molar-refractivity contribution < 1.29 is 4.39 Å². The van der Waals surface area contributed by atoms with Gasteiger partial charge in [-0.1, -0.05) is 0 Å². The van der Waals surface area contributed by atoms with Gasteiger partial charge >= 0.3 is 0 Å². The van der Waals surface area contributed by atoms with Gasteiger partial charge in [-0.3, -0.25) is 0 Å². The van der Waals surface area contributed by atoms with Crippen molar-refractivity contribution in [2.75, 3.05) is 5.32 Å². The van der Waals surface area contributed by atoms with Crippen LogP contribution in [-0.4, -0.2) is 15.0 Å². The summed E-state index contributed by atoms with van der Waals surface area (Å²) in [4.78, 5) is 12.5. The summed E-state index contributed by atoms with van der Waals surface area (Å²) in [5.41, 5.74) is 2.77. The number of aromatic nitrogens is 3. The third-order valence-electron chi connectivity index (χ3n) is 1.91. The highest BCUT2D eigenvalue weighted by Crippen LogP contribution is 2.13. The first kappa shape index (κ1) is 9.97. The van der Waals surface area contributed by atoms with E-state index >= 15 is 0 Å². The highest BCUT2D eigenvalue weighted by atomic mass is 32.1. The van der Waals surface area contributed by atoms with Crippen LogP contribution in [0.25, 0.3) is 0 Å². The summed E-state index contributed by atoms with van der Waals surface area (Å²) in [6.07, 6.45) is 1.19. The average Bonchev–Trinajstić information content (AvgIpc) is 2.61. The first-order valence-corrected chi connectivity index (χ1v) is 5.24. The molecule has 78 valence electrons. The van der Waals surface area contributed by atoms with E-state index < -0.39 is 5.95 Å². The van der Waals surface area contributed by atoms with Crippen molar-refractivity contribution in [2.45, 2.75) is 13.5 Å². The molecule has 0 saturated carbocycles. The van der Waals surface area contributed by atoms with Gasteiger partial charge in [0.15, 0.2) is 0 Å². The van der Waals surface area contributed by atoms with E-state index in [2.05, 4.69) is 20.3 Å². The van der Waals surface area contributed by atoms with Crippen LogP contribution in [0.3, 0.4) is 0 Å². The monoisotopic (exact) mass is 224 g/mol. The highest BCUT2D eigenvalue weighted by Gasteiger charge is 2.02. The van der Waals surface area contributed by atoms with E-state index in [-0.39, 0.29) is 0 Å². The highest BCUT2D eigenvalue weighted by molar-refractivity contribution is 7.09. The zero-order valence-electron chi connectivity index (χ0n) is 8.07. The Morgan fingerprint density at radius 1 is 1.40 bits per heavy atom. The fourth-order valence-corrected chi connectivity index (χ4v) is 1.81. The summed E-state index contributed by atoms with van der Waals surface area (Å²) >= 11 is 1.56. The summed E-state index contributed by atoms with van der Waals surface area (Å²) < 4.78 is 12.7. The van der Waals surface area contributed by atoms with E-state index in [1.807, 2.05) is 6.92 Å². The molecule has 0 atom stereocenters. The van der Waals surface area contributed by atoms with Crippen LogP contribution in [0.4, 0.5) is 10.2 Å². The van der Waals surface area contributed by atoms with Crippen molar-refractivity contribution in [3.05, 3.63) is 34.4 Å². The number of hydrogen-bond donors (Lipinski definition) is 1. The zero-order chi connectivity index (χ0) is 10.7. The molecule has 6 heteroatoms. The van der Waals surface area contributed by atoms with Crippen LogP contribution in [-0.2, 0) is 6.54 Å². The molecular weight excluding hydrogens is 215 g/mol. The molecule has 2 heterocycles. The second kappa shape index (κ2) is 4.31. The first-order valence-electron chi connectivity index (χ1n) is 4.36. The number of rotatable bonds is 3.